The Kier molecular flexibility index (Phi) is 6.94. The zero-order chi connectivity index (χ0) is 12.5. The number of nitrogens with one attached hydrogen (secondary N) is 1. The minimum atomic E-state index is 0.0450. The van der Waals surface area contributed by atoms with E-state index in [4.69, 9.17) is 0 Å². The van der Waals surface area contributed by atoms with Gasteiger partial charge in [-0.3, -0.25) is 4.79 Å². The monoisotopic (exact) mass is 297 g/mol. The highest BCUT2D eigenvalue weighted by molar-refractivity contribution is 9.09. The summed E-state index contributed by atoms with van der Waals surface area (Å²) in [5.74, 6) is 0.0450. The summed E-state index contributed by atoms with van der Waals surface area (Å²) in [4.78, 5) is 11.8. The predicted octanol–water partition coefficient (Wildman–Crippen LogP) is 3.68. The minimum absolute atomic E-state index is 0.0450. The van der Waals surface area contributed by atoms with Crippen molar-refractivity contribution < 1.29 is 4.79 Å². The van der Waals surface area contributed by atoms with Crippen LogP contribution in [0.25, 0.3) is 0 Å². The number of halogens is 1. The van der Waals surface area contributed by atoms with E-state index in [1.54, 1.807) is 0 Å². The van der Waals surface area contributed by atoms with Gasteiger partial charge in [0.05, 0.1) is 0 Å². The summed E-state index contributed by atoms with van der Waals surface area (Å²) in [5.41, 5.74) is 1.82. The van der Waals surface area contributed by atoms with Crippen LogP contribution < -0.4 is 5.32 Å². The molecule has 1 aromatic carbocycles. The van der Waals surface area contributed by atoms with Crippen LogP contribution in [0.2, 0.25) is 0 Å². The molecule has 0 radical (unpaired) electrons. The summed E-state index contributed by atoms with van der Waals surface area (Å²) in [6.07, 6.45) is 4.68. The largest absolute Gasteiger partial charge is 0.352 e. The second-order valence-corrected chi connectivity index (χ2v) is 4.97. The lowest BCUT2D eigenvalue weighted by Gasteiger charge is -2.07. The molecule has 1 rings (SSSR count). The first-order valence-corrected chi connectivity index (χ1v) is 7.27. The predicted molar refractivity (Wildman–Crippen MR) is 75.8 cm³/mol. The number of aryl methyl sites for hydroxylation is 1. The quantitative estimate of drug-likeness (QED) is 0.604. The molecule has 17 heavy (non-hydrogen) atoms. The zero-order valence-corrected chi connectivity index (χ0v) is 11.9. The number of rotatable bonds is 7. The van der Waals surface area contributed by atoms with Gasteiger partial charge in [-0.1, -0.05) is 47.0 Å². The Morgan fingerprint density at radius 3 is 2.59 bits per heavy atom. The van der Waals surface area contributed by atoms with Gasteiger partial charge >= 0.3 is 0 Å². The molecule has 0 aromatic heterocycles. The third-order valence-corrected chi connectivity index (χ3v) is 3.30. The third-order valence-electron chi connectivity index (χ3n) is 2.74. The average molecular weight is 298 g/mol. The van der Waals surface area contributed by atoms with Crippen molar-refractivity contribution in [3.63, 3.8) is 0 Å². The maximum Gasteiger partial charge on any atom is 0.251 e. The zero-order valence-electron chi connectivity index (χ0n) is 10.3. The highest BCUT2D eigenvalue weighted by atomic mass is 79.9. The standard InChI is InChI=1S/C14H20BrNO/c1-12-8-4-5-9-13(12)14(17)16-11-7-3-2-6-10-15/h4-5,8-9H,2-3,6-7,10-11H2,1H3,(H,16,17). The first kappa shape index (κ1) is 14.2. The molecular weight excluding hydrogens is 278 g/mol. The molecule has 94 valence electrons. The van der Waals surface area contributed by atoms with Crippen molar-refractivity contribution in [3.05, 3.63) is 35.4 Å². The van der Waals surface area contributed by atoms with Crippen LogP contribution in [0.15, 0.2) is 24.3 Å². The summed E-state index contributed by atoms with van der Waals surface area (Å²) in [6, 6.07) is 7.69. The summed E-state index contributed by atoms with van der Waals surface area (Å²) in [5, 5.41) is 4.04. The van der Waals surface area contributed by atoms with E-state index in [2.05, 4.69) is 21.2 Å². The van der Waals surface area contributed by atoms with Crippen LogP contribution in [0.4, 0.5) is 0 Å². The maximum absolute atomic E-state index is 11.8. The van der Waals surface area contributed by atoms with E-state index in [-0.39, 0.29) is 5.91 Å². The highest BCUT2D eigenvalue weighted by Crippen LogP contribution is 2.06. The topological polar surface area (TPSA) is 29.1 Å². The van der Waals surface area contributed by atoms with Gasteiger partial charge < -0.3 is 5.32 Å². The molecule has 0 aliphatic rings. The number of benzene rings is 1. The first-order chi connectivity index (χ1) is 8.25. The molecule has 0 unspecified atom stereocenters. The Morgan fingerprint density at radius 2 is 1.88 bits per heavy atom. The molecule has 3 heteroatoms. The number of unbranched alkanes of at least 4 members (excludes halogenated alkanes) is 3. The van der Waals surface area contributed by atoms with Gasteiger partial charge in [-0.25, -0.2) is 0 Å². The molecule has 1 N–H and O–H groups in total. The van der Waals surface area contributed by atoms with Gasteiger partial charge in [0.1, 0.15) is 0 Å². The van der Waals surface area contributed by atoms with Crippen molar-refractivity contribution in [3.8, 4) is 0 Å². The summed E-state index contributed by atoms with van der Waals surface area (Å²) >= 11 is 3.41. The van der Waals surface area contributed by atoms with E-state index < -0.39 is 0 Å². The number of carbonyl (C=O) groups is 1. The van der Waals surface area contributed by atoms with Crippen LogP contribution in [-0.2, 0) is 0 Å². The van der Waals surface area contributed by atoms with E-state index in [1.807, 2.05) is 31.2 Å². The second-order valence-electron chi connectivity index (χ2n) is 4.17. The molecule has 0 spiro atoms. The summed E-state index contributed by atoms with van der Waals surface area (Å²) < 4.78 is 0. The van der Waals surface area contributed by atoms with Crippen LogP contribution in [0, 0.1) is 6.92 Å². The Morgan fingerprint density at radius 1 is 1.18 bits per heavy atom. The molecule has 0 saturated carbocycles. The van der Waals surface area contributed by atoms with Crippen LogP contribution >= 0.6 is 15.9 Å². The van der Waals surface area contributed by atoms with Crippen molar-refractivity contribution in [1.82, 2.24) is 5.32 Å². The van der Waals surface area contributed by atoms with Crippen LogP contribution in [0.3, 0.4) is 0 Å². The summed E-state index contributed by atoms with van der Waals surface area (Å²) in [7, 11) is 0. The van der Waals surface area contributed by atoms with E-state index in [0.29, 0.717) is 0 Å². The highest BCUT2D eigenvalue weighted by Gasteiger charge is 2.06. The Labute approximate surface area is 112 Å². The van der Waals surface area contributed by atoms with Gasteiger partial charge in [-0.15, -0.1) is 0 Å². The van der Waals surface area contributed by atoms with Crippen LogP contribution in [0.1, 0.15) is 41.6 Å². The average Bonchev–Trinajstić information content (AvgIpc) is 2.34. The molecule has 1 aromatic rings. The smallest absolute Gasteiger partial charge is 0.251 e. The van der Waals surface area contributed by atoms with E-state index >= 15 is 0 Å². The van der Waals surface area contributed by atoms with Crippen molar-refractivity contribution in [2.24, 2.45) is 0 Å². The number of hydrogen-bond acceptors (Lipinski definition) is 1. The minimum Gasteiger partial charge on any atom is -0.352 e. The Bertz CT molecular complexity index is 352. The van der Waals surface area contributed by atoms with Gasteiger partial charge in [0.15, 0.2) is 0 Å². The lowest BCUT2D eigenvalue weighted by atomic mass is 10.1. The Hall–Kier alpha value is -0.830. The van der Waals surface area contributed by atoms with Gasteiger partial charge in [0, 0.05) is 17.4 Å². The second kappa shape index (κ2) is 8.29. The molecule has 0 heterocycles. The van der Waals surface area contributed by atoms with Gasteiger partial charge in [-0.05, 0) is 31.4 Å². The first-order valence-electron chi connectivity index (χ1n) is 6.15. The molecule has 2 nitrogen and oxygen atoms in total. The fourth-order valence-electron chi connectivity index (χ4n) is 1.70. The van der Waals surface area contributed by atoms with Gasteiger partial charge in [0.2, 0.25) is 0 Å². The number of amides is 1. The van der Waals surface area contributed by atoms with Crippen molar-refractivity contribution in [2.45, 2.75) is 32.6 Å². The number of hydrogen-bond donors (Lipinski definition) is 1. The normalized spacial score (nSPS) is 10.2. The van der Waals surface area contributed by atoms with E-state index in [0.717, 1.165) is 29.4 Å². The Balaban J connectivity index is 2.24. The van der Waals surface area contributed by atoms with E-state index in [1.165, 1.54) is 19.3 Å². The molecule has 0 atom stereocenters. The van der Waals surface area contributed by atoms with Gasteiger partial charge in [0.25, 0.3) is 5.91 Å². The third kappa shape index (κ3) is 5.35. The molecule has 0 bridgehead atoms. The number of alkyl halides is 1. The van der Waals surface area contributed by atoms with Crippen molar-refractivity contribution in [2.75, 3.05) is 11.9 Å². The van der Waals surface area contributed by atoms with E-state index in [9.17, 15) is 4.79 Å². The summed E-state index contributed by atoms with van der Waals surface area (Å²) in [6.45, 7) is 2.74. The van der Waals surface area contributed by atoms with Crippen molar-refractivity contribution >= 4 is 21.8 Å². The molecular formula is C14H20BrNO. The van der Waals surface area contributed by atoms with Crippen LogP contribution in [-0.4, -0.2) is 17.8 Å². The number of carbonyl (C=O) groups excluding carboxylic acids is 1. The SMILES string of the molecule is Cc1ccccc1C(=O)NCCCCCCBr. The van der Waals surface area contributed by atoms with Gasteiger partial charge in [-0.2, -0.15) is 0 Å². The fraction of sp³-hybridized carbons (Fsp3) is 0.500. The molecule has 0 aliphatic heterocycles. The van der Waals surface area contributed by atoms with Crippen LogP contribution in [0.5, 0.6) is 0 Å². The fourth-order valence-corrected chi connectivity index (χ4v) is 2.09. The molecule has 1 amide bonds. The molecule has 0 saturated heterocycles. The lowest BCUT2D eigenvalue weighted by Crippen LogP contribution is -2.25. The molecule has 0 fully saturated rings. The maximum atomic E-state index is 11.8. The lowest BCUT2D eigenvalue weighted by molar-refractivity contribution is 0.0952. The molecule has 0 aliphatic carbocycles. The van der Waals surface area contributed by atoms with Crippen molar-refractivity contribution in [1.29, 1.82) is 0 Å².